The van der Waals surface area contributed by atoms with Crippen molar-refractivity contribution in [3.05, 3.63) is 82.9 Å². The number of H-pyrrole nitrogens is 1. The van der Waals surface area contributed by atoms with Crippen molar-refractivity contribution in [3.63, 3.8) is 0 Å². The molecule has 0 radical (unpaired) electrons. The number of amides is 1. The van der Waals surface area contributed by atoms with Crippen LogP contribution in [0.1, 0.15) is 54.2 Å². The van der Waals surface area contributed by atoms with Crippen LogP contribution in [0, 0.1) is 0 Å². The number of pyridine rings is 1. The van der Waals surface area contributed by atoms with Gasteiger partial charge in [-0.15, -0.1) is 0 Å². The molecule has 1 aromatic carbocycles. The Balaban J connectivity index is 1.08. The van der Waals surface area contributed by atoms with Gasteiger partial charge in [-0.2, -0.15) is 0 Å². The predicted molar refractivity (Wildman–Crippen MR) is 159 cm³/mol. The quantitative estimate of drug-likeness (QED) is 0.300. The molecular formula is C31H32N8O3. The lowest BCUT2D eigenvalue weighted by Crippen LogP contribution is -2.37. The van der Waals surface area contributed by atoms with Gasteiger partial charge in [-0.1, -0.05) is 18.2 Å². The van der Waals surface area contributed by atoms with Gasteiger partial charge in [0.05, 0.1) is 5.52 Å². The summed E-state index contributed by atoms with van der Waals surface area (Å²) >= 11 is 0. The second-order valence-electron chi connectivity index (χ2n) is 11.1. The highest BCUT2D eigenvalue weighted by molar-refractivity contribution is 6.15. The SMILES string of the molecule is O=C(c1cc(N2CCC(n3c(=O)[nH]c4ncccc43)CC2)ncn1)c1cn(CCC(=O)N2CCCC2)c2ccccc12. The Morgan fingerprint density at radius 1 is 0.929 bits per heavy atom. The Bertz CT molecular complexity index is 1840. The number of piperidine rings is 1. The van der Waals surface area contributed by atoms with Gasteiger partial charge in [0.15, 0.2) is 5.65 Å². The number of ketones is 1. The second kappa shape index (κ2) is 10.9. The van der Waals surface area contributed by atoms with E-state index in [4.69, 9.17) is 0 Å². The molecule has 214 valence electrons. The fourth-order valence-corrected chi connectivity index (χ4v) is 6.41. The van der Waals surface area contributed by atoms with Crippen molar-refractivity contribution in [3.8, 4) is 0 Å². The molecule has 11 nitrogen and oxygen atoms in total. The zero-order chi connectivity index (χ0) is 28.6. The maximum Gasteiger partial charge on any atom is 0.327 e. The van der Waals surface area contributed by atoms with E-state index in [1.54, 1.807) is 12.3 Å². The molecule has 2 fully saturated rings. The number of nitrogens with one attached hydrogen (secondary N) is 1. The van der Waals surface area contributed by atoms with E-state index in [-0.39, 0.29) is 23.4 Å². The molecule has 2 aliphatic rings. The van der Waals surface area contributed by atoms with Gasteiger partial charge in [0, 0.05) is 80.1 Å². The number of fused-ring (bicyclic) bond motifs is 2. The number of likely N-dealkylation sites (tertiary alicyclic amines) is 1. The number of aromatic nitrogens is 6. The minimum absolute atomic E-state index is 0.0538. The van der Waals surface area contributed by atoms with Gasteiger partial charge in [0.2, 0.25) is 11.7 Å². The number of benzene rings is 1. The zero-order valence-corrected chi connectivity index (χ0v) is 23.3. The minimum Gasteiger partial charge on any atom is -0.356 e. The first kappa shape index (κ1) is 26.1. The first-order valence-electron chi connectivity index (χ1n) is 14.6. The van der Waals surface area contributed by atoms with Crippen LogP contribution in [-0.4, -0.2) is 71.8 Å². The third-order valence-electron chi connectivity index (χ3n) is 8.59. The molecule has 0 spiro atoms. The van der Waals surface area contributed by atoms with E-state index in [1.807, 2.05) is 56.6 Å². The van der Waals surface area contributed by atoms with E-state index in [0.29, 0.717) is 48.8 Å². The third kappa shape index (κ3) is 4.74. The van der Waals surface area contributed by atoms with Gasteiger partial charge in [-0.25, -0.2) is 19.7 Å². The van der Waals surface area contributed by atoms with E-state index in [2.05, 4.69) is 24.8 Å². The molecule has 0 bridgehead atoms. The summed E-state index contributed by atoms with van der Waals surface area (Å²) in [5, 5.41) is 0.843. The van der Waals surface area contributed by atoms with Gasteiger partial charge in [0.25, 0.3) is 0 Å². The summed E-state index contributed by atoms with van der Waals surface area (Å²) in [5.41, 5.74) is 3.09. The second-order valence-corrected chi connectivity index (χ2v) is 11.1. The molecular weight excluding hydrogens is 532 g/mol. The lowest BCUT2D eigenvalue weighted by atomic mass is 10.0. The molecule has 0 aliphatic carbocycles. The molecule has 7 rings (SSSR count). The summed E-state index contributed by atoms with van der Waals surface area (Å²) in [5.74, 6) is 0.681. The number of hydrogen-bond acceptors (Lipinski definition) is 7. The number of nitrogens with zero attached hydrogens (tertiary/aromatic N) is 7. The van der Waals surface area contributed by atoms with Crippen LogP contribution in [0.3, 0.4) is 0 Å². The van der Waals surface area contributed by atoms with Crippen molar-refractivity contribution in [2.75, 3.05) is 31.1 Å². The number of imidazole rings is 1. The third-order valence-corrected chi connectivity index (χ3v) is 8.59. The van der Waals surface area contributed by atoms with Crippen LogP contribution >= 0.6 is 0 Å². The van der Waals surface area contributed by atoms with Crippen molar-refractivity contribution in [1.82, 2.24) is 34.0 Å². The average molecular weight is 565 g/mol. The summed E-state index contributed by atoms with van der Waals surface area (Å²) in [6, 6.07) is 13.4. The number of carbonyl (C=O) groups is 2. The molecule has 0 atom stereocenters. The molecule has 0 unspecified atom stereocenters. The Hall–Kier alpha value is -4.80. The van der Waals surface area contributed by atoms with Crippen LogP contribution in [0.2, 0.25) is 0 Å². The maximum atomic E-state index is 13.8. The number of aryl methyl sites for hydroxylation is 1. The van der Waals surface area contributed by atoms with E-state index < -0.39 is 0 Å². The molecule has 4 aromatic heterocycles. The summed E-state index contributed by atoms with van der Waals surface area (Å²) in [4.78, 5) is 59.1. The van der Waals surface area contributed by atoms with Crippen LogP contribution < -0.4 is 10.6 Å². The Morgan fingerprint density at radius 2 is 1.71 bits per heavy atom. The van der Waals surface area contributed by atoms with Crippen molar-refractivity contribution < 1.29 is 9.59 Å². The Morgan fingerprint density at radius 3 is 2.55 bits per heavy atom. The predicted octanol–water partition coefficient (Wildman–Crippen LogP) is 3.55. The van der Waals surface area contributed by atoms with Crippen molar-refractivity contribution in [2.24, 2.45) is 0 Å². The molecule has 1 N–H and O–H groups in total. The lowest BCUT2D eigenvalue weighted by Gasteiger charge is -2.33. The highest BCUT2D eigenvalue weighted by Gasteiger charge is 2.26. The van der Waals surface area contributed by atoms with E-state index in [9.17, 15) is 14.4 Å². The number of para-hydroxylation sites is 1. The number of aromatic amines is 1. The highest BCUT2D eigenvalue weighted by atomic mass is 16.2. The summed E-state index contributed by atoms with van der Waals surface area (Å²) in [6.45, 7) is 3.57. The van der Waals surface area contributed by atoms with Gasteiger partial charge in [0.1, 0.15) is 17.8 Å². The number of rotatable bonds is 7. The van der Waals surface area contributed by atoms with Crippen molar-refractivity contribution in [1.29, 1.82) is 0 Å². The largest absolute Gasteiger partial charge is 0.356 e. The van der Waals surface area contributed by atoms with Gasteiger partial charge >= 0.3 is 5.69 Å². The van der Waals surface area contributed by atoms with Crippen LogP contribution in [-0.2, 0) is 11.3 Å². The zero-order valence-electron chi connectivity index (χ0n) is 23.3. The van der Waals surface area contributed by atoms with Gasteiger partial charge < -0.3 is 14.4 Å². The van der Waals surface area contributed by atoms with Crippen LogP contribution in [0.4, 0.5) is 5.82 Å². The number of anilines is 1. The van der Waals surface area contributed by atoms with Crippen LogP contribution in [0.25, 0.3) is 22.1 Å². The smallest absolute Gasteiger partial charge is 0.327 e. The minimum atomic E-state index is -0.174. The molecule has 11 heteroatoms. The van der Waals surface area contributed by atoms with Gasteiger partial charge in [-0.3, -0.25) is 19.1 Å². The summed E-state index contributed by atoms with van der Waals surface area (Å²) < 4.78 is 3.81. The first-order chi connectivity index (χ1) is 20.6. The standard InChI is InChI=1S/C31H32N8O3/c40-28(37-13-3-4-14-37)11-17-38-19-23(22-6-1-2-7-25(22)38)29(41)24-18-27(34-20-33-24)36-15-9-21(10-16-36)39-26-8-5-12-32-30(26)35-31(39)42/h1-2,5-8,12,18-21H,3-4,9-11,13-17H2,(H,32,35,42). The van der Waals surface area contributed by atoms with E-state index >= 15 is 0 Å². The molecule has 2 saturated heterocycles. The number of carbonyl (C=O) groups excluding carboxylic acids is 2. The maximum absolute atomic E-state index is 13.8. The normalized spacial score (nSPS) is 16.1. The summed E-state index contributed by atoms with van der Waals surface area (Å²) in [6.07, 6.45) is 9.03. The molecule has 6 heterocycles. The Kier molecular flexibility index (Phi) is 6.77. The molecule has 0 saturated carbocycles. The number of hydrogen-bond donors (Lipinski definition) is 1. The van der Waals surface area contributed by atoms with Crippen molar-refractivity contribution >= 4 is 39.6 Å². The average Bonchev–Trinajstić information content (AvgIpc) is 3.77. The molecule has 1 amide bonds. The van der Waals surface area contributed by atoms with Crippen LogP contribution in [0.15, 0.2) is 66.0 Å². The van der Waals surface area contributed by atoms with E-state index in [0.717, 1.165) is 55.2 Å². The monoisotopic (exact) mass is 564 g/mol. The van der Waals surface area contributed by atoms with Crippen LogP contribution in [0.5, 0.6) is 0 Å². The topological polar surface area (TPSA) is 122 Å². The van der Waals surface area contributed by atoms with Crippen molar-refractivity contribution in [2.45, 2.75) is 44.7 Å². The molecule has 2 aliphatic heterocycles. The van der Waals surface area contributed by atoms with Gasteiger partial charge in [-0.05, 0) is 43.9 Å². The van der Waals surface area contributed by atoms with E-state index in [1.165, 1.54) is 6.33 Å². The molecule has 5 aromatic rings. The highest BCUT2D eigenvalue weighted by Crippen LogP contribution is 2.28. The fraction of sp³-hybridized carbons (Fsp3) is 0.355. The Labute approximate surface area is 241 Å². The molecule has 42 heavy (non-hydrogen) atoms. The summed E-state index contributed by atoms with van der Waals surface area (Å²) in [7, 11) is 0. The lowest BCUT2D eigenvalue weighted by molar-refractivity contribution is -0.130. The fourth-order valence-electron chi connectivity index (χ4n) is 6.41. The first-order valence-corrected chi connectivity index (χ1v) is 14.6.